The summed E-state index contributed by atoms with van der Waals surface area (Å²) in [5.74, 6) is 0. The fraction of sp³-hybridized carbons (Fsp3) is 0.333. The zero-order chi connectivity index (χ0) is 9.84. The minimum atomic E-state index is 0.109. The molecule has 4 heteroatoms. The SMILES string of the molecule is CCc1nc(C#N)c(C#N)nc1C. The van der Waals surface area contributed by atoms with Crippen molar-refractivity contribution in [1.29, 1.82) is 10.5 Å². The third kappa shape index (κ3) is 1.62. The summed E-state index contributed by atoms with van der Waals surface area (Å²) in [5, 5.41) is 17.3. The van der Waals surface area contributed by atoms with Crippen LogP contribution in [-0.2, 0) is 6.42 Å². The van der Waals surface area contributed by atoms with Crippen LogP contribution < -0.4 is 0 Å². The van der Waals surface area contributed by atoms with Gasteiger partial charge in [0, 0.05) is 0 Å². The van der Waals surface area contributed by atoms with Crippen molar-refractivity contribution in [1.82, 2.24) is 9.97 Å². The van der Waals surface area contributed by atoms with Crippen molar-refractivity contribution in [3.05, 3.63) is 22.8 Å². The number of nitriles is 2. The van der Waals surface area contributed by atoms with Gasteiger partial charge in [0.25, 0.3) is 0 Å². The van der Waals surface area contributed by atoms with Crippen LogP contribution >= 0.6 is 0 Å². The van der Waals surface area contributed by atoms with Gasteiger partial charge in [-0.2, -0.15) is 10.5 Å². The molecule has 0 aromatic carbocycles. The molecule has 0 unspecified atom stereocenters. The van der Waals surface area contributed by atoms with Gasteiger partial charge in [-0.05, 0) is 13.3 Å². The Morgan fingerprint density at radius 1 is 1.15 bits per heavy atom. The predicted octanol–water partition coefficient (Wildman–Crippen LogP) is 1.09. The zero-order valence-electron chi connectivity index (χ0n) is 7.50. The Morgan fingerprint density at radius 2 is 1.69 bits per heavy atom. The average Bonchev–Trinajstić information content (AvgIpc) is 2.17. The van der Waals surface area contributed by atoms with Gasteiger partial charge in [-0.25, -0.2) is 9.97 Å². The summed E-state index contributed by atoms with van der Waals surface area (Å²) < 4.78 is 0. The molecule has 1 rings (SSSR count). The monoisotopic (exact) mass is 172 g/mol. The van der Waals surface area contributed by atoms with Crippen molar-refractivity contribution in [3.63, 3.8) is 0 Å². The van der Waals surface area contributed by atoms with E-state index in [0.717, 1.165) is 17.8 Å². The van der Waals surface area contributed by atoms with E-state index in [9.17, 15) is 0 Å². The van der Waals surface area contributed by atoms with Gasteiger partial charge >= 0.3 is 0 Å². The van der Waals surface area contributed by atoms with Crippen LogP contribution in [0.2, 0.25) is 0 Å². The first kappa shape index (κ1) is 9.15. The number of rotatable bonds is 1. The Hall–Kier alpha value is -1.94. The molecule has 1 aromatic heterocycles. The minimum Gasteiger partial charge on any atom is -0.238 e. The van der Waals surface area contributed by atoms with Crippen LogP contribution in [0.4, 0.5) is 0 Å². The van der Waals surface area contributed by atoms with E-state index >= 15 is 0 Å². The van der Waals surface area contributed by atoms with Crippen LogP contribution in [0, 0.1) is 29.6 Å². The standard InChI is InChI=1S/C9H8N4/c1-3-7-6(2)12-8(4-10)9(5-11)13-7/h3H2,1-2H3. The van der Waals surface area contributed by atoms with Crippen LogP contribution in [0.3, 0.4) is 0 Å². The maximum absolute atomic E-state index is 8.66. The van der Waals surface area contributed by atoms with Crippen LogP contribution in [0.25, 0.3) is 0 Å². The highest BCUT2D eigenvalue weighted by atomic mass is 14.8. The van der Waals surface area contributed by atoms with Crippen molar-refractivity contribution < 1.29 is 0 Å². The lowest BCUT2D eigenvalue weighted by Crippen LogP contribution is -2.02. The molecule has 1 heterocycles. The molecule has 0 bridgehead atoms. The van der Waals surface area contributed by atoms with E-state index in [1.807, 2.05) is 19.1 Å². The summed E-state index contributed by atoms with van der Waals surface area (Å²) in [7, 11) is 0. The Morgan fingerprint density at radius 3 is 2.15 bits per heavy atom. The van der Waals surface area contributed by atoms with E-state index < -0.39 is 0 Å². The fourth-order valence-electron chi connectivity index (χ4n) is 1.04. The molecule has 0 spiro atoms. The van der Waals surface area contributed by atoms with Crippen LogP contribution in [-0.4, -0.2) is 9.97 Å². The van der Waals surface area contributed by atoms with E-state index in [0.29, 0.717) is 0 Å². The summed E-state index contributed by atoms with van der Waals surface area (Å²) in [6.45, 7) is 3.72. The van der Waals surface area contributed by atoms with Gasteiger partial charge in [-0.1, -0.05) is 6.92 Å². The molecule has 13 heavy (non-hydrogen) atoms. The molecular weight excluding hydrogens is 164 g/mol. The number of hydrogen-bond donors (Lipinski definition) is 0. The molecule has 4 nitrogen and oxygen atoms in total. The molecule has 0 saturated heterocycles. The van der Waals surface area contributed by atoms with Gasteiger partial charge in [-0.3, -0.25) is 0 Å². The highest BCUT2D eigenvalue weighted by Crippen LogP contribution is 2.07. The molecule has 0 aliphatic rings. The van der Waals surface area contributed by atoms with Crippen molar-refractivity contribution >= 4 is 0 Å². The Balaban J connectivity index is 3.39. The highest BCUT2D eigenvalue weighted by Gasteiger charge is 2.08. The van der Waals surface area contributed by atoms with E-state index in [1.54, 1.807) is 6.92 Å². The highest BCUT2D eigenvalue weighted by molar-refractivity contribution is 5.37. The maximum atomic E-state index is 8.66. The Labute approximate surface area is 76.5 Å². The van der Waals surface area contributed by atoms with E-state index in [4.69, 9.17) is 10.5 Å². The first-order chi connectivity index (χ1) is 6.22. The van der Waals surface area contributed by atoms with Gasteiger partial charge in [0.1, 0.15) is 12.1 Å². The molecule has 0 radical (unpaired) electrons. The molecule has 0 saturated carbocycles. The molecule has 1 aromatic rings. The number of aryl methyl sites for hydroxylation is 2. The summed E-state index contributed by atoms with van der Waals surface area (Å²) in [5.41, 5.74) is 1.72. The molecule has 64 valence electrons. The predicted molar refractivity (Wildman–Crippen MR) is 45.6 cm³/mol. The molecule has 0 aliphatic carbocycles. The molecule has 0 amide bonds. The number of nitrogens with zero attached hydrogens (tertiary/aromatic N) is 4. The van der Waals surface area contributed by atoms with Gasteiger partial charge in [0.2, 0.25) is 0 Å². The second-order valence-corrected chi connectivity index (χ2v) is 2.53. The first-order valence-corrected chi connectivity index (χ1v) is 3.90. The summed E-state index contributed by atoms with van der Waals surface area (Å²) in [4.78, 5) is 8.02. The number of hydrogen-bond acceptors (Lipinski definition) is 4. The summed E-state index contributed by atoms with van der Waals surface area (Å²) in [6.07, 6.45) is 0.721. The minimum absolute atomic E-state index is 0.109. The summed E-state index contributed by atoms with van der Waals surface area (Å²) in [6, 6.07) is 3.69. The zero-order valence-corrected chi connectivity index (χ0v) is 7.50. The van der Waals surface area contributed by atoms with Gasteiger partial charge in [-0.15, -0.1) is 0 Å². The molecule has 0 aliphatic heterocycles. The molecule has 0 fully saturated rings. The summed E-state index contributed by atoms with van der Waals surface area (Å²) >= 11 is 0. The Kier molecular flexibility index (Phi) is 2.56. The normalized spacial score (nSPS) is 8.92. The first-order valence-electron chi connectivity index (χ1n) is 3.90. The van der Waals surface area contributed by atoms with Crippen molar-refractivity contribution in [2.45, 2.75) is 20.3 Å². The second kappa shape index (κ2) is 3.64. The van der Waals surface area contributed by atoms with E-state index in [1.165, 1.54) is 0 Å². The lowest BCUT2D eigenvalue weighted by atomic mass is 10.2. The van der Waals surface area contributed by atoms with Crippen molar-refractivity contribution in [2.75, 3.05) is 0 Å². The smallest absolute Gasteiger partial charge is 0.177 e. The van der Waals surface area contributed by atoms with Gasteiger partial charge < -0.3 is 0 Å². The van der Waals surface area contributed by atoms with Crippen LogP contribution in [0.5, 0.6) is 0 Å². The van der Waals surface area contributed by atoms with Crippen LogP contribution in [0.1, 0.15) is 29.7 Å². The van der Waals surface area contributed by atoms with Crippen LogP contribution in [0.15, 0.2) is 0 Å². The van der Waals surface area contributed by atoms with Gasteiger partial charge in [0.05, 0.1) is 11.4 Å². The van der Waals surface area contributed by atoms with E-state index in [-0.39, 0.29) is 11.4 Å². The topological polar surface area (TPSA) is 73.4 Å². The number of aromatic nitrogens is 2. The third-order valence-corrected chi connectivity index (χ3v) is 1.71. The molecular formula is C9H8N4. The maximum Gasteiger partial charge on any atom is 0.177 e. The second-order valence-electron chi connectivity index (χ2n) is 2.53. The molecule has 0 atom stereocenters. The van der Waals surface area contributed by atoms with Crippen molar-refractivity contribution in [2.24, 2.45) is 0 Å². The lowest BCUT2D eigenvalue weighted by molar-refractivity contribution is 0.936. The fourth-order valence-corrected chi connectivity index (χ4v) is 1.04. The van der Waals surface area contributed by atoms with E-state index in [2.05, 4.69) is 9.97 Å². The third-order valence-electron chi connectivity index (χ3n) is 1.71. The largest absolute Gasteiger partial charge is 0.238 e. The average molecular weight is 172 g/mol. The Bertz CT molecular complexity index is 409. The lowest BCUT2D eigenvalue weighted by Gasteiger charge is -2.01. The van der Waals surface area contributed by atoms with Gasteiger partial charge in [0.15, 0.2) is 11.4 Å². The molecule has 0 N–H and O–H groups in total. The quantitative estimate of drug-likeness (QED) is 0.635. The van der Waals surface area contributed by atoms with Crippen molar-refractivity contribution in [3.8, 4) is 12.1 Å².